The Bertz CT molecular complexity index is 1540. The fraction of sp³-hybridized carbons (Fsp3) is 0.360. The lowest BCUT2D eigenvalue weighted by molar-refractivity contribution is 0.393. The topological polar surface area (TPSA) is 107 Å². The maximum absolute atomic E-state index is 5.81. The Morgan fingerprint density at radius 3 is 2.79 bits per heavy atom. The molecule has 5 aromatic rings. The molecule has 9 nitrogen and oxygen atoms in total. The molecule has 1 atom stereocenters. The molecule has 0 aliphatic carbocycles. The molecule has 4 bridgehead atoms. The molecule has 174 valence electrons. The second kappa shape index (κ2) is 7.58. The summed E-state index contributed by atoms with van der Waals surface area (Å²) in [4.78, 5) is 13.4. The summed E-state index contributed by atoms with van der Waals surface area (Å²) in [5.74, 6) is 4.36. The number of anilines is 2. The molecule has 1 aromatic carbocycles. The van der Waals surface area contributed by atoms with Gasteiger partial charge in [-0.05, 0) is 39.3 Å². The van der Waals surface area contributed by atoms with Gasteiger partial charge in [-0.15, -0.1) is 0 Å². The molecule has 4 aromatic heterocycles. The number of rotatable bonds is 3. The van der Waals surface area contributed by atoms with Crippen LogP contribution in [0.1, 0.15) is 49.2 Å². The van der Waals surface area contributed by atoms with Crippen LogP contribution in [0.3, 0.4) is 0 Å². The number of hydrogen-bond donors (Lipinski definition) is 2. The molecule has 0 radical (unpaired) electrons. The molecule has 1 unspecified atom stereocenters. The third kappa shape index (κ3) is 3.07. The van der Waals surface area contributed by atoms with Crippen molar-refractivity contribution in [3.8, 4) is 16.9 Å². The van der Waals surface area contributed by atoms with Crippen molar-refractivity contribution in [3.05, 3.63) is 41.2 Å². The second-order valence-electron chi connectivity index (χ2n) is 8.97. The first-order valence-electron chi connectivity index (χ1n) is 11.6. The minimum Gasteiger partial charge on any atom is -0.496 e. The van der Waals surface area contributed by atoms with E-state index in [1.807, 2.05) is 24.6 Å². The predicted molar refractivity (Wildman–Crippen MR) is 131 cm³/mol. The smallest absolute Gasteiger partial charge is 0.145 e. The van der Waals surface area contributed by atoms with Crippen LogP contribution in [0.2, 0.25) is 0 Å². The molecule has 1 aliphatic rings. The molecule has 1 aliphatic heterocycles. The maximum atomic E-state index is 5.81. The number of aromatic nitrogens is 6. The highest BCUT2D eigenvalue weighted by Crippen LogP contribution is 2.41. The zero-order chi connectivity index (χ0) is 23.6. The number of benzene rings is 1. The van der Waals surface area contributed by atoms with Crippen molar-refractivity contribution in [2.45, 2.75) is 53.0 Å². The minimum absolute atomic E-state index is 0.332. The van der Waals surface area contributed by atoms with E-state index in [2.05, 4.69) is 41.4 Å². The lowest BCUT2D eigenvalue weighted by atomic mass is 10.0. The molecular formula is C25H27N7O2. The highest BCUT2D eigenvalue weighted by atomic mass is 16.5. The Kier molecular flexibility index (Phi) is 4.62. The maximum Gasteiger partial charge on any atom is 0.145 e. The van der Waals surface area contributed by atoms with Gasteiger partial charge in [0.05, 0.1) is 29.4 Å². The predicted octanol–water partition coefficient (Wildman–Crippen LogP) is 5.40. The van der Waals surface area contributed by atoms with Gasteiger partial charge < -0.3 is 19.6 Å². The van der Waals surface area contributed by atoms with Gasteiger partial charge in [0, 0.05) is 41.4 Å². The van der Waals surface area contributed by atoms with Crippen molar-refractivity contribution in [3.63, 3.8) is 0 Å². The summed E-state index contributed by atoms with van der Waals surface area (Å²) < 4.78 is 13.2. The van der Waals surface area contributed by atoms with Gasteiger partial charge in [0.25, 0.3) is 0 Å². The number of aromatic amines is 1. The first-order valence-corrected chi connectivity index (χ1v) is 11.6. The molecule has 0 spiro atoms. The fourth-order valence-corrected chi connectivity index (χ4v) is 4.94. The second-order valence-corrected chi connectivity index (χ2v) is 8.97. The van der Waals surface area contributed by atoms with Crippen LogP contribution in [0.4, 0.5) is 11.6 Å². The summed E-state index contributed by atoms with van der Waals surface area (Å²) in [6.45, 7) is 8.93. The van der Waals surface area contributed by atoms with E-state index < -0.39 is 0 Å². The van der Waals surface area contributed by atoms with Gasteiger partial charge in [-0.1, -0.05) is 12.1 Å². The highest BCUT2D eigenvalue weighted by molar-refractivity contribution is 6.13. The summed E-state index contributed by atoms with van der Waals surface area (Å²) >= 11 is 0. The van der Waals surface area contributed by atoms with Crippen LogP contribution in [-0.2, 0) is 13.0 Å². The lowest BCUT2D eigenvalue weighted by Gasteiger charge is -2.12. The Hall–Kier alpha value is -3.88. The van der Waals surface area contributed by atoms with Gasteiger partial charge in [0.1, 0.15) is 34.6 Å². The molecule has 5 heterocycles. The normalized spacial score (nSPS) is 15.6. The van der Waals surface area contributed by atoms with E-state index >= 15 is 0 Å². The summed E-state index contributed by atoms with van der Waals surface area (Å²) in [5.41, 5.74) is 5.55. The Labute approximate surface area is 196 Å². The van der Waals surface area contributed by atoms with Gasteiger partial charge in [-0.25, -0.2) is 14.6 Å². The first kappa shape index (κ1) is 20.7. The van der Waals surface area contributed by atoms with Crippen LogP contribution in [-0.4, -0.2) is 37.0 Å². The monoisotopic (exact) mass is 457 g/mol. The number of hydrogen-bond acceptors (Lipinski definition) is 7. The van der Waals surface area contributed by atoms with Gasteiger partial charge >= 0.3 is 0 Å². The third-order valence-corrected chi connectivity index (χ3v) is 6.77. The van der Waals surface area contributed by atoms with Crippen LogP contribution in [0.25, 0.3) is 33.1 Å². The Morgan fingerprint density at radius 1 is 1.21 bits per heavy atom. The van der Waals surface area contributed by atoms with Gasteiger partial charge in [-0.2, -0.15) is 5.10 Å². The van der Waals surface area contributed by atoms with Crippen molar-refractivity contribution in [1.29, 1.82) is 0 Å². The van der Waals surface area contributed by atoms with E-state index in [4.69, 9.17) is 24.3 Å². The van der Waals surface area contributed by atoms with Crippen molar-refractivity contribution in [2.75, 3.05) is 12.4 Å². The molecule has 6 rings (SSSR count). The fourth-order valence-electron chi connectivity index (χ4n) is 4.94. The van der Waals surface area contributed by atoms with Crippen LogP contribution in [0.5, 0.6) is 5.75 Å². The van der Waals surface area contributed by atoms with E-state index in [0.29, 0.717) is 5.92 Å². The highest BCUT2D eigenvalue weighted by Gasteiger charge is 2.23. The summed E-state index contributed by atoms with van der Waals surface area (Å²) in [6, 6.07) is 6.26. The van der Waals surface area contributed by atoms with Gasteiger partial charge in [0.2, 0.25) is 0 Å². The molecule has 0 fully saturated rings. The average Bonchev–Trinajstić information content (AvgIpc) is 3.50. The molecule has 34 heavy (non-hydrogen) atoms. The van der Waals surface area contributed by atoms with Gasteiger partial charge in [-0.3, -0.25) is 0 Å². The molecule has 0 saturated carbocycles. The number of methoxy groups -OCH3 is 1. The molecular weight excluding hydrogens is 430 g/mol. The van der Waals surface area contributed by atoms with Crippen molar-refractivity contribution >= 4 is 33.6 Å². The van der Waals surface area contributed by atoms with Crippen molar-refractivity contribution in [1.82, 2.24) is 29.9 Å². The quantitative estimate of drug-likeness (QED) is 0.373. The van der Waals surface area contributed by atoms with E-state index in [1.54, 1.807) is 7.11 Å². The van der Waals surface area contributed by atoms with Crippen LogP contribution < -0.4 is 10.1 Å². The molecule has 9 heteroatoms. The Balaban J connectivity index is 1.61. The largest absolute Gasteiger partial charge is 0.496 e. The summed E-state index contributed by atoms with van der Waals surface area (Å²) in [7, 11) is 1.68. The standard InChI is InChI=1S/C25H27N7O2/c1-6-32-21-11-17(30-32)12(2)7-8-20-27-24-23(25(28-20)29-21)15-10-19(33-5)16(9-18(15)26-24)22-13(3)31-34-14(22)4/h9-12H,6-8H2,1-5H3,(H2,26,27,28,29). The number of H-pyrrole nitrogens is 1. The SMILES string of the molecule is CCn1nc2cc1Nc1nc(nc3[nH]c4cc(-c5c(C)noc5C)c(OC)cc4c13)CCC2C. The number of ether oxygens (including phenoxy) is 1. The zero-order valence-corrected chi connectivity index (χ0v) is 20.0. The third-order valence-electron chi connectivity index (χ3n) is 6.77. The lowest BCUT2D eigenvalue weighted by Crippen LogP contribution is -2.06. The van der Waals surface area contributed by atoms with E-state index in [-0.39, 0.29) is 0 Å². The average molecular weight is 458 g/mol. The molecule has 2 N–H and O–H groups in total. The molecule has 0 saturated heterocycles. The van der Waals surface area contributed by atoms with Crippen LogP contribution in [0, 0.1) is 13.8 Å². The number of aryl methyl sites for hydroxylation is 4. The van der Waals surface area contributed by atoms with E-state index in [0.717, 1.165) is 92.8 Å². The van der Waals surface area contributed by atoms with Crippen molar-refractivity contribution < 1.29 is 9.26 Å². The zero-order valence-electron chi connectivity index (χ0n) is 20.0. The number of nitrogens with one attached hydrogen (secondary N) is 2. The number of nitrogens with zero attached hydrogens (tertiary/aromatic N) is 5. The summed E-state index contributed by atoms with van der Waals surface area (Å²) in [5, 5.41) is 14.4. The van der Waals surface area contributed by atoms with Crippen LogP contribution in [0.15, 0.2) is 22.7 Å². The Morgan fingerprint density at radius 2 is 2.06 bits per heavy atom. The molecule has 0 amide bonds. The minimum atomic E-state index is 0.332. The number of fused-ring (bicyclic) bond motifs is 8. The first-order chi connectivity index (χ1) is 16.5. The summed E-state index contributed by atoms with van der Waals surface area (Å²) in [6.07, 6.45) is 1.72. The van der Waals surface area contributed by atoms with E-state index in [1.165, 1.54) is 0 Å². The van der Waals surface area contributed by atoms with Crippen LogP contribution >= 0.6 is 0 Å². The van der Waals surface area contributed by atoms with E-state index in [9.17, 15) is 0 Å². The van der Waals surface area contributed by atoms with Gasteiger partial charge in [0.15, 0.2) is 0 Å². The van der Waals surface area contributed by atoms with Crippen molar-refractivity contribution in [2.24, 2.45) is 0 Å².